The lowest BCUT2D eigenvalue weighted by Gasteiger charge is -2.40. The molecule has 0 radical (unpaired) electrons. The predicted octanol–water partition coefficient (Wildman–Crippen LogP) is 2.65. The van der Waals surface area contributed by atoms with Crippen molar-refractivity contribution in [2.24, 2.45) is 0 Å². The van der Waals surface area contributed by atoms with Gasteiger partial charge in [-0.05, 0) is 17.9 Å². The number of halogens is 1. The van der Waals surface area contributed by atoms with Gasteiger partial charge in [0, 0.05) is 10.8 Å². The molecule has 3 heteroatoms. The van der Waals surface area contributed by atoms with Crippen LogP contribution in [0.25, 0.3) is 0 Å². The van der Waals surface area contributed by atoms with Crippen molar-refractivity contribution in [1.29, 1.82) is 0 Å². The Balaban J connectivity index is 2.17. The molecule has 66 valence electrons. The van der Waals surface area contributed by atoms with Crippen LogP contribution in [0.1, 0.15) is 11.3 Å². The summed E-state index contributed by atoms with van der Waals surface area (Å²) in [6, 6.07) is 4.27. The average molecular weight is 203 g/mol. The minimum Gasteiger partial charge on any atom is -0.379 e. The van der Waals surface area contributed by atoms with Crippen molar-refractivity contribution in [1.82, 2.24) is 0 Å². The van der Waals surface area contributed by atoms with Gasteiger partial charge in [0.2, 0.25) is 0 Å². The number of hydrogen-bond acceptors (Lipinski definition) is 2. The van der Waals surface area contributed by atoms with Gasteiger partial charge >= 0.3 is 0 Å². The Hall–Kier alpha value is -0.0500. The first-order valence-electron chi connectivity index (χ1n) is 4.05. The molecule has 1 saturated heterocycles. The summed E-state index contributed by atoms with van der Waals surface area (Å²) in [6.07, 6.45) is 1.04. The zero-order chi connectivity index (χ0) is 8.44. The van der Waals surface area contributed by atoms with Crippen LogP contribution in [0.2, 0.25) is 0 Å². The molecule has 0 aromatic carbocycles. The van der Waals surface area contributed by atoms with Gasteiger partial charge in [-0.25, -0.2) is 0 Å². The van der Waals surface area contributed by atoms with Crippen molar-refractivity contribution in [3.8, 4) is 0 Å². The molecule has 1 aromatic rings. The topological polar surface area (TPSA) is 9.23 Å². The molecule has 0 amide bonds. The van der Waals surface area contributed by atoms with E-state index in [1.165, 1.54) is 4.88 Å². The van der Waals surface area contributed by atoms with E-state index in [9.17, 15) is 0 Å². The third-order valence-electron chi connectivity index (χ3n) is 2.37. The highest BCUT2D eigenvalue weighted by molar-refractivity contribution is 7.10. The number of ether oxygens (including phenoxy) is 1. The van der Waals surface area contributed by atoms with Crippen LogP contribution < -0.4 is 0 Å². The molecule has 2 heterocycles. The Morgan fingerprint density at radius 1 is 1.58 bits per heavy atom. The van der Waals surface area contributed by atoms with Crippen molar-refractivity contribution in [2.45, 2.75) is 11.8 Å². The molecule has 1 aliphatic heterocycles. The molecule has 2 rings (SSSR count). The first kappa shape index (κ1) is 8.54. The normalized spacial score (nSPS) is 20.4. The minimum atomic E-state index is 0.260. The standard InChI is InChI=1S/C9H11ClOS/c10-4-3-9(6-11-7-9)8-2-1-5-12-8/h1-2,5H,3-4,6-7H2. The molecule has 0 bridgehead atoms. The SMILES string of the molecule is ClCCC1(c2cccs2)COC1. The second-order valence-corrected chi connectivity index (χ2v) is 4.52. The largest absolute Gasteiger partial charge is 0.379 e. The van der Waals surface area contributed by atoms with Crippen LogP contribution in [-0.2, 0) is 10.2 Å². The van der Waals surface area contributed by atoms with Crippen molar-refractivity contribution >= 4 is 22.9 Å². The van der Waals surface area contributed by atoms with Gasteiger partial charge < -0.3 is 4.74 Å². The van der Waals surface area contributed by atoms with E-state index in [2.05, 4.69) is 17.5 Å². The van der Waals surface area contributed by atoms with E-state index in [4.69, 9.17) is 16.3 Å². The zero-order valence-corrected chi connectivity index (χ0v) is 8.33. The van der Waals surface area contributed by atoms with Gasteiger partial charge in [-0.1, -0.05) is 6.07 Å². The zero-order valence-electron chi connectivity index (χ0n) is 6.75. The van der Waals surface area contributed by atoms with E-state index in [-0.39, 0.29) is 5.41 Å². The van der Waals surface area contributed by atoms with Gasteiger partial charge in [0.15, 0.2) is 0 Å². The molecule has 12 heavy (non-hydrogen) atoms. The molecule has 1 fully saturated rings. The lowest BCUT2D eigenvalue weighted by Crippen LogP contribution is -2.46. The van der Waals surface area contributed by atoms with Crippen molar-refractivity contribution in [2.75, 3.05) is 19.1 Å². The summed E-state index contributed by atoms with van der Waals surface area (Å²) in [7, 11) is 0. The van der Waals surface area contributed by atoms with Crippen LogP contribution in [0.15, 0.2) is 17.5 Å². The number of rotatable bonds is 3. The summed E-state index contributed by atoms with van der Waals surface area (Å²) >= 11 is 7.57. The van der Waals surface area contributed by atoms with Crippen LogP contribution in [-0.4, -0.2) is 19.1 Å². The van der Waals surface area contributed by atoms with Crippen molar-refractivity contribution in [3.05, 3.63) is 22.4 Å². The molecular formula is C9H11ClOS. The average Bonchev–Trinajstić information content (AvgIpc) is 2.48. The molecule has 0 spiro atoms. The Bertz CT molecular complexity index is 241. The molecule has 0 aliphatic carbocycles. The molecule has 0 saturated carbocycles. The highest BCUT2D eigenvalue weighted by Crippen LogP contribution is 2.38. The quantitative estimate of drug-likeness (QED) is 0.685. The third-order valence-corrected chi connectivity index (χ3v) is 3.68. The summed E-state index contributed by atoms with van der Waals surface area (Å²) in [5, 5.41) is 2.11. The van der Waals surface area contributed by atoms with E-state index in [0.29, 0.717) is 0 Å². The Morgan fingerprint density at radius 3 is 2.83 bits per heavy atom. The van der Waals surface area contributed by atoms with Crippen molar-refractivity contribution < 1.29 is 4.74 Å². The van der Waals surface area contributed by atoms with E-state index < -0.39 is 0 Å². The third kappa shape index (κ3) is 1.28. The maximum atomic E-state index is 5.76. The fraction of sp³-hybridized carbons (Fsp3) is 0.556. The van der Waals surface area contributed by atoms with Crippen molar-refractivity contribution in [3.63, 3.8) is 0 Å². The Kier molecular flexibility index (Phi) is 2.40. The number of thiophene rings is 1. The van der Waals surface area contributed by atoms with Crippen LogP contribution in [0, 0.1) is 0 Å². The summed E-state index contributed by atoms with van der Waals surface area (Å²) in [4.78, 5) is 1.43. The Labute approximate surface area is 81.3 Å². The summed E-state index contributed by atoms with van der Waals surface area (Å²) in [5.41, 5.74) is 0.260. The molecule has 0 N–H and O–H groups in total. The van der Waals surface area contributed by atoms with Gasteiger partial charge in [0.25, 0.3) is 0 Å². The van der Waals surface area contributed by atoms with Gasteiger partial charge in [0.1, 0.15) is 0 Å². The smallest absolute Gasteiger partial charge is 0.0594 e. The second kappa shape index (κ2) is 3.36. The molecule has 1 aromatic heterocycles. The van der Waals surface area contributed by atoms with Gasteiger partial charge in [-0.15, -0.1) is 22.9 Å². The van der Waals surface area contributed by atoms with Crippen LogP contribution in [0.5, 0.6) is 0 Å². The lowest BCUT2D eigenvalue weighted by atomic mass is 9.82. The van der Waals surface area contributed by atoms with Crippen LogP contribution >= 0.6 is 22.9 Å². The molecule has 1 nitrogen and oxygen atoms in total. The minimum absolute atomic E-state index is 0.260. The first-order chi connectivity index (χ1) is 5.87. The van der Waals surface area contributed by atoms with E-state index in [1.54, 1.807) is 0 Å². The summed E-state index contributed by atoms with van der Waals surface area (Å²) in [6.45, 7) is 1.69. The fourth-order valence-electron chi connectivity index (χ4n) is 1.52. The van der Waals surface area contributed by atoms with Gasteiger partial charge in [0.05, 0.1) is 18.6 Å². The monoisotopic (exact) mass is 202 g/mol. The van der Waals surface area contributed by atoms with E-state index in [1.807, 2.05) is 11.3 Å². The highest BCUT2D eigenvalue weighted by atomic mass is 35.5. The highest BCUT2D eigenvalue weighted by Gasteiger charge is 2.40. The molecular weight excluding hydrogens is 192 g/mol. The first-order valence-corrected chi connectivity index (χ1v) is 5.46. The Morgan fingerprint density at radius 2 is 2.42 bits per heavy atom. The maximum Gasteiger partial charge on any atom is 0.0594 e. The maximum absolute atomic E-state index is 5.76. The summed E-state index contributed by atoms with van der Waals surface area (Å²) < 4.78 is 5.26. The van der Waals surface area contributed by atoms with E-state index in [0.717, 1.165) is 25.5 Å². The number of hydrogen-bond donors (Lipinski definition) is 0. The predicted molar refractivity (Wildman–Crippen MR) is 52.2 cm³/mol. The fourth-order valence-corrected chi connectivity index (χ4v) is 2.81. The van der Waals surface area contributed by atoms with Gasteiger partial charge in [-0.3, -0.25) is 0 Å². The van der Waals surface area contributed by atoms with E-state index >= 15 is 0 Å². The molecule has 1 aliphatic rings. The van der Waals surface area contributed by atoms with Gasteiger partial charge in [-0.2, -0.15) is 0 Å². The summed E-state index contributed by atoms with van der Waals surface area (Å²) in [5.74, 6) is 0.723. The second-order valence-electron chi connectivity index (χ2n) is 3.19. The lowest BCUT2D eigenvalue weighted by molar-refractivity contribution is -0.0597. The molecule has 0 unspecified atom stereocenters. The van der Waals surface area contributed by atoms with Crippen LogP contribution in [0.3, 0.4) is 0 Å². The van der Waals surface area contributed by atoms with Crippen LogP contribution in [0.4, 0.5) is 0 Å². The number of alkyl halides is 1. The molecule has 0 atom stereocenters.